The van der Waals surface area contributed by atoms with Crippen LogP contribution in [0.1, 0.15) is 19.8 Å². The van der Waals surface area contributed by atoms with Gasteiger partial charge < -0.3 is 10.2 Å². The highest BCUT2D eigenvalue weighted by Gasteiger charge is 2.33. The number of rotatable bonds is 5. The molecule has 0 aliphatic carbocycles. The van der Waals surface area contributed by atoms with Crippen molar-refractivity contribution in [3.05, 3.63) is 28.2 Å². The van der Waals surface area contributed by atoms with Crippen LogP contribution in [0.25, 0.3) is 0 Å². The fourth-order valence-corrected chi connectivity index (χ4v) is 3.02. The Hall–Kier alpha value is -2.12. The van der Waals surface area contributed by atoms with Crippen molar-refractivity contribution in [2.45, 2.75) is 19.8 Å². The number of benzene rings is 1. The van der Waals surface area contributed by atoms with Crippen LogP contribution in [0.4, 0.5) is 5.69 Å². The predicted molar refractivity (Wildman–Crippen MR) is 93.2 cm³/mol. The van der Waals surface area contributed by atoms with Gasteiger partial charge in [0.05, 0.1) is 28.2 Å². The van der Waals surface area contributed by atoms with E-state index in [9.17, 15) is 19.2 Å². The second-order valence-corrected chi connectivity index (χ2v) is 6.39. The van der Waals surface area contributed by atoms with Crippen molar-refractivity contribution in [1.82, 2.24) is 10.2 Å². The van der Waals surface area contributed by atoms with E-state index in [2.05, 4.69) is 10.6 Å². The van der Waals surface area contributed by atoms with Crippen molar-refractivity contribution < 1.29 is 19.2 Å². The SMILES string of the molecule is CCN(CC(=O)Nc1c(Cl)cccc1Cl)C(=O)C1CC(=O)NC(=O)C1. The van der Waals surface area contributed by atoms with Crippen molar-refractivity contribution in [2.24, 2.45) is 5.92 Å². The van der Waals surface area contributed by atoms with Gasteiger partial charge in [-0.2, -0.15) is 0 Å². The van der Waals surface area contributed by atoms with Crippen LogP contribution in [-0.2, 0) is 19.2 Å². The Morgan fingerprint density at radius 2 is 1.76 bits per heavy atom. The molecule has 1 saturated heterocycles. The number of para-hydroxylation sites is 1. The van der Waals surface area contributed by atoms with E-state index in [4.69, 9.17) is 23.2 Å². The number of carbonyl (C=O) groups excluding carboxylic acids is 4. The standard InChI is InChI=1S/C16H17Cl2N3O4/c1-2-21(16(25)9-6-12(22)19-13(23)7-9)8-14(24)20-15-10(17)4-3-5-11(15)18/h3-5,9H,2,6-8H2,1H3,(H,20,24)(H,19,22,23). The summed E-state index contributed by atoms with van der Waals surface area (Å²) in [6.45, 7) is 1.73. The molecule has 2 rings (SSSR count). The van der Waals surface area contributed by atoms with Gasteiger partial charge in [-0.05, 0) is 19.1 Å². The number of hydrogen-bond donors (Lipinski definition) is 2. The zero-order valence-electron chi connectivity index (χ0n) is 13.5. The normalized spacial score (nSPS) is 14.8. The zero-order valence-corrected chi connectivity index (χ0v) is 15.0. The molecule has 25 heavy (non-hydrogen) atoms. The molecular weight excluding hydrogens is 369 g/mol. The lowest BCUT2D eigenvalue weighted by Crippen LogP contribution is -2.47. The third-order valence-corrected chi connectivity index (χ3v) is 4.38. The maximum absolute atomic E-state index is 12.5. The van der Waals surface area contributed by atoms with E-state index < -0.39 is 29.5 Å². The molecule has 134 valence electrons. The lowest BCUT2D eigenvalue weighted by atomic mass is 9.95. The number of nitrogens with zero attached hydrogens (tertiary/aromatic N) is 1. The first-order valence-electron chi connectivity index (χ1n) is 7.67. The molecule has 0 saturated carbocycles. The summed E-state index contributed by atoms with van der Waals surface area (Å²) < 4.78 is 0. The highest BCUT2D eigenvalue weighted by molar-refractivity contribution is 6.39. The molecule has 1 aromatic rings. The van der Waals surface area contributed by atoms with Gasteiger partial charge in [-0.15, -0.1) is 0 Å². The van der Waals surface area contributed by atoms with Crippen molar-refractivity contribution >= 4 is 52.5 Å². The van der Waals surface area contributed by atoms with Gasteiger partial charge in [0.15, 0.2) is 0 Å². The Balaban J connectivity index is 2.03. The Morgan fingerprint density at radius 3 is 2.28 bits per heavy atom. The van der Waals surface area contributed by atoms with Crippen LogP contribution in [0.3, 0.4) is 0 Å². The fraction of sp³-hybridized carbons (Fsp3) is 0.375. The van der Waals surface area contributed by atoms with Gasteiger partial charge in [0.1, 0.15) is 0 Å². The number of likely N-dealkylation sites (N-methyl/N-ethyl adjacent to an activating group) is 1. The number of halogens is 2. The highest BCUT2D eigenvalue weighted by Crippen LogP contribution is 2.29. The molecule has 0 unspecified atom stereocenters. The minimum atomic E-state index is -0.752. The molecule has 1 aliphatic rings. The van der Waals surface area contributed by atoms with Gasteiger partial charge in [-0.3, -0.25) is 24.5 Å². The molecule has 1 aliphatic heterocycles. The first-order valence-corrected chi connectivity index (χ1v) is 8.42. The third kappa shape index (κ3) is 4.93. The van der Waals surface area contributed by atoms with Gasteiger partial charge in [0.25, 0.3) is 0 Å². The second kappa shape index (κ2) is 8.31. The molecule has 1 heterocycles. The second-order valence-electron chi connectivity index (χ2n) is 5.57. The summed E-state index contributed by atoms with van der Waals surface area (Å²) in [5.74, 6) is -2.61. The fourth-order valence-electron chi connectivity index (χ4n) is 2.53. The molecular formula is C16H17Cl2N3O4. The first kappa shape index (κ1) is 19.2. The van der Waals surface area contributed by atoms with Gasteiger partial charge in [-0.25, -0.2) is 0 Å². The van der Waals surface area contributed by atoms with Crippen molar-refractivity contribution in [1.29, 1.82) is 0 Å². The van der Waals surface area contributed by atoms with Gasteiger partial charge in [0, 0.05) is 19.4 Å². The number of nitrogens with one attached hydrogen (secondary N) is 2. The summed E-state index contributed by atoms with van der Waals surface area (Å²) in [5, 5.41) is 5.29. The molecule has 1 aromatic carbocycles. The minimum absolute atomic E-state index is 0.0704. The predicted octanol–water partition coefficient (Wildman–Crippen LogP) is 1.83. The zero-order chi connectivity index (χ0) is 18.6. The van der Waals surface area contributed by atoms with E-state index in [-0.39, 0.29) is 41.7 Å². The largest absolute Gasteiger partial charge is 0.333 e. The molecule has 0 radical (unpaired) electrons. The lowest BCUT2D eigenvalue weighted by Gasteiger charge is -2.27. The minimum Gasteiger partial charge on any atom is -0.333 e. The van der Waals surface area contributed by atoms with Crippen LogP contribution < -0.4 is 10.6 Å². The molecule has 7 nitrogen and oxygen atoms in total. The summed E-state index contributed by atoms with van der Waals surface area (Å²) in [4.78, 5) is 48.9. The number of imide groups is 1. The molecule has 2 N–H and O–H groups in total. The number of anilines is 1. The average Bonchev–Trinajstić information content (AvgIpc) is 2.54. The maximum Gasteiger partial charge on any atom is 0.244 e. The quantitative estimate of drug-likeness (QED) is 0.755. The smallest absolute Gasteiger partial charge is 0.244 e. The van der Waals surface area contributed by atoms with Gasteiger partial charge in [-0.1, -0.05) is 29.3 Å². The molecule has 0 atom stereocenters. The van der Waals surface area contributed by atoms with E-state index in [1.165, 1.54) is 4.90 Å². The van der Waals surface area contributed by atoms with Crippen LogP contribution >= 0.6 is 23.2 Å². The van der Waals surface area contributed by atoms with E-state index in [1.807, 2.05) is 0 Å². The Kier molecular flexibility index (Phi) is 6.39. The number of amides is 4. The summed E-state index contributed by atoms with van der Waals surface area (Å²) in [7, 11) is 0. The molecule has 4 amide bonds. The summed E-state index contributed by atoms with van der Waals surface area (Å²) in [6, 6.07) is 4.81. The number of hydrogen-bond acceptors (Lipinski definition) is 4. The monoisotopic (exact) mass is 385 g/mol. The Bertz CT molecular complexity index is 687. The Labute approximate surface area is 154 Å². The van der Waals surface area contributed by atoms with Crippen LogP contribution in [0.5, 0.6) is 0 Å². The van der Waals surface area contributed by atoms with Gasteiger partial charge in [0.2, 0.25) is 23.6 Å². The van der Waals surface area contributed by atoms with Crippen molar-refractivity contribution in [2.75, 3.05) is 18.4 Å². The molecule has 1 fully saturated rings. The van der Waals surface area contributed by atoms with Crippen molar-refractivity contribution in [3.8, 4) is 0 Å². The van der Waals surface area contributed by atoms with Crippen LogP contribution in [-0.4, -0.2) is 41.6 Å². The summed E-state index contributed by atoms with van der Waals surface area (Å²) in [6.07, 6.45) is -0.141. The molecule has 0 aromatic heterocycles. The van der Waals surface area contributed by atoms with E-state index in [0.29, 0.717) is 0 Å². The first-order chi connectivity index (χ1) is 11.8. The molecule has 0 spiro atoms. The van der Waals surface area contributed by atoms with E-state index >= 15 is 0 Å². The van der Waals surface area contributed by atoms with Gasteiger partial charge >= 0.3 is 0 Å². The summed E-state index contributed by atoms with van der Waals surface area (Å²) >= 11 is 12.0. The van der Waals surface area contributed by atoms with Crippen LogP contribution in [0, 0.1) is 5.92 Å². The van der Waals surface area contributed by atoms with Crippen molar-refractivity contribution in [3.63, 3.8) is 0 Å². The van der Waals surface area contributed by atoms with Crippen LogP contribution in [0.2, 0.25) is 10.0 Å². The van der Waals surface area contributed by atoms with E-state index in [0.717, 1.165) is 0 Å². The Morgan fingerprint density at radius 1 is 1.20 bits per heavy atom. The van der Waals surface area contributed by atoms with Crippen LogP contribution in [0.15, 0.2) is 18.2 Å². The average molecular weight is 386 g/mol. The number of carbonyl (C=O) groups is 4. The third-order valence-electron chi connectivity index (χ3n) is 3.75. The number of piperidine rings is 1. The molecule has 9 heteroatoms. The topological polar surface area (TPSA) is 95.6 Å². The lowest BCUT2D eigenvalue weighted by molar-refractivity contribution is -0.146. The van der Waals surface area contributed by atoms with E-state index in [1.54, 1.807) is 25.1 Å². The highest BCUT2D eigenvalue weighted by atomic mass is 35.5. The summed E-state index contributed by atoms with van der Waals surface area (Å²) in [5.41, 5.74) is 0.270. The molecule has 0 bridgehead atoms. The maximum atomic E-state index is 12.5.